The second-order valence-corrected chi connectivity index (χ2v) is 3.42. The van der Waals surface area contributed by atoms with Crippen LogP contribution in [0.1, 0.15) is 13.3 Å². The van der Waals surface area contributed by atoms with Crippen molar-refractivity contribution >= 4 is 0 Å². The lowest BCUT2D eigenvalue weighted by Crippen LogP contribution is -2.19. The fourth-order valence-corrected chi connectivity index (χ4v) is 1.18. The van der Waals surface area contributed by atoms with E-state index in [-0.39, 0.29) is 0 Å². The molecule has 0 aliphatic rings. The summed E-state index contributed by atoms with van der Waals surface area (Å²) in [5.74, 6) is 0. The van der Waals surface area contributed by atoms with Crippen molar-refractivity contribution in [2.24, 2.45) is 0 Å². The summed E-state index contributed by atoms with van der Waals surface area (Å²) < 4.78 is 15.5. The van der Waals surface area contributed by atoms with E-state index in [4.69, 9.17) is 14.2 Å². The van der Waals surface area contributed by atoms with Crippen molar-refractivity contribution in [1.29, 1.82) is 0 Å². The predicted molar refractivity (Wildman–Crippen MR) is 70.1 cm³/mol. The summed E-state index contributed by atoms with van der Waals surface area (Å²) in [6.07, 6.45) is 4.92. The van der Waals surface area contributed by atoms with Crippen molar-refractivity contribution in [3.05, 3.63) is 24.4 Å². The van der Waals surface area contributed by atoms with Gasteiger partial charge in [-0.3, -0.25) is 0 Å². The van der Waals surface area contributed by atoms with Gasteiger partial charge in [0.05, 0.1) is 33.0 Å². The Labute approximate surface area is 105 Å². The highest BCUT2D eigenvalue weighted by molar-refractivity contribution is 5.13. The molecule has 0 unspecified atom stereocenters. The molecule has 0 saturated carbocycles. The topological polar surface area (TPSA) is 39.7 Å². The van der Waals surface area contributed by atoms with Gasteiger partial charge in [-0.15, -0.1) is 0 Å². The van der Waals surface area contributed by atoms with Crippen LogP contribution >= 0.6 is 0 Å². The monoisotopic (exact) mass is 243 g/mol. The minimum atomic E-state index is 0.614. The number of allylic oxidation sites excluding steroid dienone is 2. The first-order valence-corrected chi connectivity index (χ1v) is 6.06. The molecule has 0 aromatic heterocycles. The molecule has 0 aliphatic carbocycles. The van der Waals surface area contributed by atoms with Gasteiger partial charge in [0, 0.05) is 19.4 Å². The fourth-order valence-electron chi connectivity index (χ4n) is 1.18. The maximum absolute atomic E-state index is 5.40. The lowest BCUT2D eigenvalue weighted by molar-refractivity contribution is 0.0259. The molecule has 0 amide bonds. The molecule has 0 spiro atoms. The number of nitrogens with one attached hydrogen (secondary N) is 1. The number of hydrogen-bond acceptors (Lipinski definition) is 4. The normalized spacial score (nSPS) is 11.5. The quantitative estimate of drug-likeness (QED) is 0.418. The van der Waals surface area contributed by atoms with Gasteiger partial charge in [-0.2, -0.15) is 0 Å². The third-order valence-corrected chi connectivity index (χ3v) is 2.02. The van der Waals surface area contributed by atoms with Crippen LogP contribution in [0.4, 0.5) is 0 Å². The molecule has 0 aliphatic heterocycles. The molecule has 0 radical (unpaired) electrons. The van der Waals surface area contributed by atoms with Crippen LogP contribution in [0.3, 0.4) is 0 Å². The molecular weight excluding hydrogens is 218 g/mol. The van der Waals surface area contributed by atoms with Gasteiger partial charge in [0.15, 0.2) is 0 Å². The molecule has 4 nitrogen and oxygen atoms in total. The van der Waals surface area contributed by atoms with E-state index in [1.165, 1.54) is 0 Å². The Bertz CT molecular complexity index is 205. The Kier molecular flexibility index (Phi) is 12.6. The van der Waals surface area contributed by atoms with E-state index in [1.54, 1.807) is 7.11 Å². The minimum absolute atomic E-state index is 0.614. The third-order valence-electron chi connectivity index (χ3n) is 2.02. The molecule has 0 aromatic rings. The molecule has 0 aromatic carbocycles. The molecule has 100 valence electrons. The molecule has 0 bridgehead atoms. The van der Waals surface area contributed by atoms with E-state index < -0.39 is 0 Å². The zero-order chi connectivity index (χ0) is 12.8. The van der Waals surface area contributed by atoms with Crippen molar-refractivity contribution in [2.45, 2.75) is 13.3 Å². The zero-order valence-corrected chi connectivity index (χ0v) is 11.0. The Hall–Kier alpha value is -0.840. The molecule has 17 heavy (non-hydrogen) atoms. The van der Waals surface area contributed by atoms with Crippen molar-refractivity contribution in [1.82, 2.24) is 5.32 Å². The van der Waals surface area contributed by atoms with E-state index in [0.717, 1.165) is 18.7 Å². The Morgan fingerprint density at radius 3 is 2.35 bits per heavy atom. The second kappa shape index (κ2) is 13.2. The van der Waals surface area contributed by atoms with E-state index in [2.05, 4.69) is 24.9 Å². The van der Waals surface area contributed by atoms with Crippen molar-refractivity contribution < 1.29 is 14.2 Å². The summed E-state index contributed by atoms with van der Waals surface area (Å²) in [6.45, 7) is 9.77. The van der Waals surface area contributed by atoms with Crippen LogP contribution < -0.4 is 5.32 Å². The molecule has 1 N–H and O–H groups in total. The van der Waals surface area contributed by atoms with Gasteiger partial charge in [-0.1, -0.05) is 19.6 Å². The van der Waals surface area contributed by atoms with Gasteiger partial charge in [0.1, 0.15) is 0 Å². The first-order chi connectivity index (χ1) is 8.35. The standard InChI is InChI=1S/C13H25NO3/c1-4-6-13(5-2)14-7-8-16-11-12-17-10-9-15-3/h5-6,14H,2,4,7-12H2,1,3H3/b13-6+. The highest BCUT2D eigenvalue weighted by atomic mass is 16.5. The first-order valence-electron chi connectivity index (χ1n) is 6.06. The smallest absolute Gasteiger partial charge is 0.0701 e. The summed E-state index contributed by atoms with van der Waals surface area (Å²) in [7, 11) is 1.66. The molecule has 0 fully saturated rings. The Morgan fingerprint density at radius 1 is 1.12 bits per heavy atom. The van der Waals surface area contributed by atoms with Crippen LogP contribution in [0.15, 0.2) is 24.4 Å². The van der Waals surface area contributed by atoms with Gasteiger partial charge in [0.2, 0.25) is 0 Å². The van der Waals surface area contributed by atoms with Crippen LogP contribution in [-0.4, -0.2) is 46.7 Å². The summed E-state index contributed by atoms with van der Waals surface area (Å²) in [6, 6.07) is 0. The highest BCUT2D eigenvalue weighted by Crippen LogP contribution is 1.92. The summed E-state index contributed by atoms with van der Waals surface area (Å²) in [4.78, 5) is 0. The number of hydrogen-bond donors (Lipinski definition) is 1. The van der Waals surface area contributed by atoms with Crippen LogP contribution in [0.5, 0.6) is 0 Å². The van der Waals surface area contributed by atoms with Crippen molar-refractivity contribution in [3.63, 3.8) is 0 Å². The second-order valence-electron chi connectivity index (χ2n) is 3.42. The van der Waals surface area contributed by atoms with Crippen LogP contribution in [0, 0.1) is 0 Å². The van der Waals surface area contributed by atoms with E-state index >= 15 is 0 Å². The molecule has 0 rings (SSSR count). The fraction of sp³-hybridized carbons (Fsp3) is 0.692. The van der Waals surface area contributed by atoms with Gasteiger partial charge < -0.3 is 19.5 Å². The summed E-state index contributed by atoms with van der Waals surface area (Å²) in [5, 5.41) is 3.24. The van der Waals surface area contributed by atoms with Crippen LogP contribution in [-0.2, 0) is 14.2 Å². The first kappa shape index (κ1) is 16.2. The minimum Gasteiger partial charge on any atom is -0.383 e. The molecular formula is C13H25NO3. The number of rotatable bonds is 12. The average Bonchev–Trinajstić information content (AvgIpc) is 2.35. The Morgan fingerprint density at radius 2 is 1.76 bits per heavy atom. The van der Waals surface area contributed by atoms with E-state index in [1.807, 2.05) is 6.08 Å². The molecule has 0 saturated heterocycles. The predicted octanol–water partition coefficient (Wildman–Crippen LogP) is 1.74. The van der Waals surface area contributed by atoms with Crippen molar-refractivity contribution in [2.75, 3.05) is 46.7 Å². The van der Waals surface area contributed by atoms with Crippen LogP contribution in [0.25, 0.3) is 0 Å². The van der Waals surface area contributed by atoms with Gasteiger partial charge in [-0.25, -0.2) is 0 Å². The molecule has 0 atom stereocenters. The average molecular weight is 243 g/mol. The summed E-state index contributed by atoms with van der Waals surface area (Å²) in [5.41, 5.74) is 1.06. The largest absolute Gasteiger partial charge is 0.383 e. The third kappa shape index (κ3) is 11.4. The van der Waals surface area contributed by atoms with E-state index in [0.29, 0.717) is 33.0 Å². The highest BCUT2D eigenvalue weighted by Gasteiger charge is 1.92. The van der Waals surface area contributed by atoms with Gasteiger partial charge in [0.25, 0.3) is 0 Å². The molecule has 0 heterocycles. The number of methoxy groups -OCH3 is 1. The number of ether oxygens (including phenoxy) is 3. The van der Waals surface area contributed by atoms with Gasteiger partial charge in [-0.05, 0) is 12.5 Å². The van der Waals surface area contributed by atoms with Crippen molar-refractivity contribution in [3.8, 4) is 0 Å². The van der Waals surface area contributed by atoms with Gasteiger partial charge >= 0.3 is 0 Å². The zero-order valence-electron chi connectivity index (χ0n) is 11.0. The lowest BCUT2D eigenvalue weighted by Gasteiger charge is -2.08. The molecule has 4 heteroatoms. The SMILES string of the molecule is C=C/C(=C\CC)NCCOCCOCCOC. The van der Waals surface area contributed by atoms with Crippen LogP contribution in [0.2, 0.25) is 0 Å². The maximum Gasteiger partial charge on any atom is 0.0701 e. The maximum atomic E-state index is 5.40. The summed E-state index contributed by atoms with van der Waals surface area (Å²) >= 11 is 0. The Balaban J connectivity index is 3.23. The lowest BCUT2D eigenvalue weighted by atomic mass is 10.3. The van der Waals surface area contributed by atoms with E-state index in [9.17, 15) is 0 Å².